The van der Waals surface area contributed by atoms with E-state index in [2.05, 4.69) is 58.0 Å². The molecule has 0 saturated carbocycles. The summed E-state index contributed by atoms with van der Waals surface area (Å²) < 4.78 is 5.66. The van der Waals surface area contributed by atoms with Crippen molar-refractivity contribution in [2.75, 3.05) is 11.5 Å². The van der Waals surface area contributed by atoms with E-state index in [1.807, 2.05) is 54.3 Å². The first kappa shape index (κ1) is 21.2. The molecule has 4 rings (SSSR count). The zero-order valence-electron chi connectivity index (χ0n) is 19.1. The van der Waals surface area contributed by atoms with Crippen LogP contribution in [0.2, 0.25) is 0 Å². The van der Waals surface area contributed by atoms with E-state index in [0.717, 1.165) is 17.9 Å². The minimum Gasteiger partial charge on any atom is -0.494 e. The first-order valence-electron chi connectivity index (χ1n) is 11.0. The number of aryl methyl sites for hydroxylation is 1. The molecule has 3 heteroatoms. The van der Waals surface area contributed by atoms with Gasteiger partial charge in [0.1, 0.15) is 5.75 Å². The van der Waals surface area contributed by atoms with Gasteiger partial charge in [-0.1, -0.05) is 55.0 Å². The highest BCUT2D eigenvalue weighted by atomic mass is 16.5. The summed E-state index contributed by atoms with van der Waals surface area (Å²) in [5.74, 6) is 0.930. The zero-order chi connectivity index (χ0) is 22.2. The van der Waals surface area contributed by atoms with E-state index in [9.17, 15) is 4.79 Å². The molecule has 0 fully saturated rings. The second kappa shape index (κ2) is 7.88. The van der Waals surface area contributed by atoms with Crippen molar-refractivity contribution in [3.05, 3.63) is 95.1 Å². The average molecular weight is 414 g/mol. The van der Waals surface area contributed by atoms with Crippen LogP contribution < -0.4 is 9.64 Å². The van der Waals surface area contributed by atoms with Gasteiger partial charge in [0.25, 0.3) is 5.91 Å². The Hall–Kier alpha value is -3.07. The number of hydrogen-bond acceptors (Lipinski definition) is 2. The van der Waals surface area contributed by atoms with Gasteiger partial charge in [-0.3, -0.25) is 4.79 Å². The van der Waals surface area contributed by atoms with Crippen molar-refractivity contribution in [1.29, 1.82) is 0 Å². The Morgan fingerprint density at radius 2 is 1.65 bits per heavy atom. The summed E-state index contributed by atoms with van der Waals surface area (Å²) in [7, 11) is 0. The topological polar surface area (TPSA) is 29.5 Å². The molecule has 0 aliphatic carbocycles. The molecule has 0 aromatic heterocycles. The maximum absolute atomic E-state index is 13.6. The number of carbonyl (C=O) groups is 1. The molecule has 0 saturated heterocycles. The predicted octanol–water partition coefficient (Wildman–Crippen LogP) is 6.53. The lowest BCUT2D eigenvalue weighted by molar-refractivity contribution is 0.0948. The van der Waals surface area contributed by atoms with E-state index in [4.69, 9.17) is 4.74 Å². The molecule has 1 amide bonds. The normalized spacial score (nSPS) is 19.6. The molecule has 1 aliphatic rings. The van der Waals surface area contributed by atoms with Crippen LogP contribution in [0.25, 0.3) is 0 Å². The van der Waals surface area contributed by atoms with Crippen LogP contribution >= 0.6 is 0 Å². The Labute approximate surface area is 185 Å². The summed E-state index contributed by atoms with van der Waals surface area (Å²) in [4.78, 5) is 15.6. The molecule has 0 bridgehead atoms. The van der Waals surface area contributed by atoms with Crippen LogP contribution in [-0.4, -0.2) is 18.1 Å². The molecule has 1 atom stereocenters. The minimum absolute atomic E-state index is 0.0458. The van der Waals surface area contributed by atoms with Gasteiger partial charge in [-0.05, 0) is 75.6 Å². The first-order chi connectivity index (χ1) is 14.8. The Bertz CT molecular complexity index is 1090. The Balaban J connectivity index is 1.86. The standard InChI is InChI=1S/C28H31NO2/c1-6-31-23-15-13-22(14-16-23)28(5)19-27(3,4)29(25-17-12-20(2)18-24(25)28)26(30)21-10-8-7-9-11-21/h7-18H,6,19H2,1-5H3/t28-/m1/s1. The third kappa shape index (κ3) is 3.74. The summed E-state index contributed by atoms with van der Waals surface area (Å²) in [6, 6.07) is 24.5. The summed E-state index contributed by atoms with van der Waals surface area (Å²) in [6.07, 6.45) is 0.822. The van der Waals surface area contributed by atoms with E-state index >= 15 is 0 Å². The van der Waals surface area contributed by atoms with E-state index < -0.39 is 0 Å². The first-order valence-corrected chi connectivity index (χ1v) is 11.0. The monoisotopic (exact) mass is 413 g/mol. The highest BCUT2D eigenvalue weighted by Crippen LogP contribution is 2.51. The summed E-state index contributed by atoms with van der Waals surface area (Å²) >= 11 is 0. The van der Waals surface area contributed by atoms with Gasteiger partial charge in [0.2, 0.25) is 0 Å². The van der Waals surface area contributed by atoms with Gasteiger partial charge < -0.3 is 9.64 Å². The van der Waals surface area contributed by atoms with Crippen molar-refractivity contribution >= 4 is 11.6 Å². The van der Waals surface area contributed by atoms with Gasteiger partial charge in [-0.2, -0.15) is 0 Å². The van der Waals surface area contributed by atoms with E-state index in [0.29, 0.717) is 12.2 Å². The lowest BCUT2D eigenvalue weighted by Crippen LogP contribution is -2.55. The number of nitrogens with zero attached hydrogens (tertiary/aromatic N) is 1. The van der Waals surface area contributed by atoms with Crippen molar-refractivity contribution in [3.63, 3.8) is 0 Å². The maximum atomic E-state index is 13.6. The van der Waals surface area contributed by atoms with E-state index in [1.165, 1.54) is 16.7 Å². The number of benzene rings is 3. The van der Waals surface area contributed by atoms with Crippen molar-refractivity contribution in [2.45, 2.75) is 52.0 Å². The fraction of sp³-hybridized carbons (Fsp3) is 0.321. The fourth-order valence-electron chi connectivity index (χ4n) is 5.09. The fourth-order valence-corrected chi connectivity index (χ4v) is 5.09. The lowest BCUT2D eigenvalue weighted by Gasteiger charge is -2.51. The van der Waals surface area contributed by atoms with Crippen LogP contribution in [0.3, 0.4) is 0 Å². The number of hydrogen-bond donors (Lipinski definition) is 0. The molecular weight excluding hydrogens is 382 g/mol. The third-order valence-electron chi connectivity index (χ3n) is 6.41. The van der Waals surface area contributed by atoms with Gasteiger partial charge in [0, 0.05) is 22.2 Å². The molecule has 1 aliphatic heterocycles. The molecule has 0 radical (unpaired) electrons. The Morgan fingerprint density at radius 3 is 2.29 bits per heavy atom. The quantitative estimate of drug-likeness (QED) is 0.487. The van der Waals surface area contributed by atoms with Crippen LogP contribution in [0.1, 0.15) is 61.2 Å². The van der Waals surface area contributed by atoms with Crippen LogP contribution in [0, 0.1) is 6.92 Å². The average Bonchev–Trinajstić information content (AvgIpc) is 2.75. The summed E-state index contributed by atoms with van der Waals surface area (Å²) in [6.45, 7) is 11.4. The lowest BCUT2D eigenvalue weighted by atomic mass is 9.65. The van der Waals surface area contributed by atoms with Crippen molar-refractivity contribution in [1.82, 2.24) is 0 Å². The molecule has 0 N–H and O–H groups in total. The molecule has 160 valence electrons. The Morgan fingerprint density at radius 1 is 0.968 bits per heavy atom. The van der Waals surface area contributed by atoms with E-state index in [-0.39, 0.29) is 16.9 Å². The molecule has 3 aromatic rings. The number of fused-ring (bicyclic) bond motifs is 1. The van der Waals surface area contributed by atoms with Crippen LogP contribution in [-0.2, 0) is 5.41 Å². The van der Waals surface area contributed by atoms with Crippen molar-refractivity contribution in [2.24, 2.45) is 0 Å². The van der Waals surface area contributed by atoms with Crippen LogP contribution in [0.15, 0.2) is 72.8 Å². The largest absolute Gasteiger partial charge is 0.494 e. The number of rotatable bonds is 4. The molecule has 31 heavy (non-hydrogen) atoms. The van der Waals surface area contributed by atoms with Gasteiger partial charge in [0.15, 0.2) is 0 Å². The molecule has 0 unspecified atom stereocenters. The second-order valence-corrected chi connectivity index (χ2v) is 9.31. The highest BCUT2D eigenvalue weighted by Gasteiger charge is 2.47. The van der Waals surface area contributed by atoms with Gasteiger partial charge in [-0.15, -0.1) is 0 Å². The zero-order valence-corrected chi connectivity index (χ0v) is 19.1. The van der Waals surface area contributed by atoms with Gasteiger partial charge >= 0.3 is 0 Å². The van der Waals surface area contributed by atoms with Crippen LogP contribution in [0.4, 0.5) is 5.69 Å². The summed E-state index contributed by atoms with van der Waals surface area (Å²) in [5, 5.41) is 0. The molecule has 3 nitrogen and oxygen atoms in total. The van der Waals surface area contributed by atoms with Crippen LogP contribution in [0.5, 0.6) is 5.75 Å². The van der Waals surface area contributed by atoms with E-state index in [1.54, 1.807) is 0 Å². The predicted molar refractivity (Wildman–Crippen MR) is 127 cm³/mol. The maximum Gasteiger partial charge on any atom is 0.258 e. The smallest absolute Gasteiger partial charge is 0.258 e. The Kier molecular flexibility index (Phi) is 5.38. The highest BCUT2D eigenvalue weighted by molar-refractivity contribution is 6.08. The molecular formula is C28H31NO2. The minimum atomic E-state index is -0.359. The number of ether oxygens (including phenoxy) is 1. The van der Waals surface area contributed by atoms with Gasteiger partial charge in [0.05, 0.1) is 6.61 Å². The summed E-state index contributed by atoms with van der Waals surface area (Å²) in [5.41, 5.74) is 4.76. The van der Waals surface area contributed by atoms with Gasteiger partial charge in [-0.25, -0.2) is 0 Å². The van der Waals surface area contributed by atoms with Crippen molar-refractivity contribution < 1.29 is 9.53 Å². The number of amides is 1. The molecule has 3 aromatic carbocycles. The number of carbonyl (C=O) groups excluding carboxylic acids is 1. The molecule has 0 spiro atoms. The second-order valence-electron chi connectivity index (χ2n) is 9.31. The molecule has 1 heterocycles. The number of anilines is 1. The van der Waals surface area contributed by atoms with Crippen molar-refractivity contribution in [3.8, 4) is 5.75 Å². The third-order valence-corrected chi connectivity index (χ3v) is 6.41. The SMILES string of the molecule is CCOc1ccc([C@@]2(C)CC(C)(C)N(C(=O)c3ccccc3)c3ccc(C)cc32)cc1.